The summed E-state index contributed by atoms with van der Waals surface area (Å²) >= 11 is 1.49. The van der Waals surface area contributed by atoms with Crippen molar-refractivity contribution in [2.75, 3.05) is 0 Å². The van der Waals surface area contributed by atoms with E-state index in [1.54, 1.807) is 6.92 Å². The van der Waals surface area contributed by atoms with Gasteiger partial charge in [0.15, 0.2) is 5.76 Å². The van der Waals surface area contributed by atoms with Crippen LogP contribution in [-0.2, 0) is 9.59 Å². The number of aromatic nitrogens is 1. The summed E-state index contributed by atoms with van der Waals surface area (Å²) in [5.74, 6) is -4.93. The number of rotatable bonds is 11. The molecule has 0 aliphatic rings. The molecule has 10 heteroatoms. The molecule has 0 aliphatic carbocycles. The molecular weight excluding hydrogens is 404 g/mol. The number of hydrogen-bond acceptors (Lipinski definition) is 6. The number of alkyl halides is 2. The van der Waals surface area contributed by atoms with Crippen molar-refractivity contribution in [2.24, 2.45) is 5.73 Å². The van der Waals surface area contributed by atoms with Crippen LogP contribution in [0.25, 0.3) is 10.6 Å². The number of nitrogens with two attached hydrogens (primary N) is 1. The smallest absolute Gasteiger partial charge is 0.265 e. The highest BCUT2D eigenvalue weighted by molar-refractivity contribution is 7.15. The maximum Gasteiger partial charge on any atom is 0.265 e. The number of amides is 2. The van der Waals surface area contributed by atoms with Crippen LogP contribution in [-0.4, -0.2) is 34.5 Å². The number of primary amides is 1. The molecule has 29 heavy (non-hydrogen) atoms. The van der Waals surface area contributed by atoms with Crippen LogP contribution in [0.4, 0.5) is 8.78 Å². The summed E-state index contributed by atoms with van der Waals surface area (Å²) in [5.41, 5.74) is 4.86. The average molecular weight is 427 g/mol. The Morgan fingerprint density at radius 2 is 1.97 bits per heavy atom. The molecule has 2 heterocycles. The predicted molar refractivity (Wildman–Crippen MR) is 104 cm³/mol. The monoisotopic (exact) mass is 427 g/mol. The SMILES string of the molecule is CC[C@@H](NC(=O)CCC(F)(F)CCC(N)=O)C(=O)c1ncc(-c2ccc(C)s2)o1. The highest BCUT2D eigenvalue weighted by Crippen LogP contribution is 2.29. The van der Waals surface area contributed by atoms with Gasteiger partial charge in [0.05, 0.1) is 17.1 Å². The van der Waals surface area contributed by atoms with E-state index in [0.29, 0.717) is 5.76 Å². The van der Waals surface area contributed by atoms with E-state index in [9.17, 15) is 23.2 Å². The lowest BCUT2D eigenvalue weighted by Crippen LogP contribution is -2.41. The summed E-state index contributed by atoms with van der Waals surface area (Å²) in [4.78, 5) is 41.1. The second-order valence-corrected chi connectivity index (χ2v) is 7.94. The maximum absolute atomic E-state index is 13.7. The largest absolute Gasteiger partial charge is 0.433 e. The van der Waals surface area contributed by atoms with Gasteiger partial charge in [-0.15, -0.1) is 11.3 Å². The Morgan fingerprint density at radius 1 is 1.28 bits per heavy atom. The van der Waals surface area contributed by atoms with E-state index in [0.717, 1.165) is 9.75 Å². The van der Waals surface area contributed by atoms with Crippen LogP contribution in [0, 0.1) is 6.92 Å². The first-order chi connectivity index (χ1) is 13.6. The van der Waals surface area contributed by atoms with Gasteiger partial charge in [0, 0.05) is 30.6 Å². The Morgan fingerprint density at radius 3 is 2.55 bits per heavy atom. The van der Waals surface area contributed by atoms with Crippen molar-refractivity contribution in [3.8, 4) is 10.6 Å². The Hall–Kier alpha value is -2.62. The minimum atomic E-state index is -3.19. The second kappa shape index (κ2) is 9.73. The molecule has 0 saturated carbocycles. The lowest BCUT2D eigenvalue weighted by Gasteiger charge is -2.17. The van der Waals surface area contributed by atoms with Crippen LogP contribution in [0.2, 0.25) is 0 Å². The second-order valence-electron chi connectivity index (χ2n) is 6.65. The summed E-state index contributed by atoms with van der Waals surface area (Å²) in [6.45, 7) is 3.62. The number of oxazole rings is 1. The van der Waals surface area contributed by atoms with Crippen LogP contribution >= 0.6 is 11.3 Å². The van der Waals surface area contributed by atoms with E-state index in [4.69, 9.17) is 10.2 Å². The number of halogens is 2. The summed E-state index contributed by atoms with van der Waals surface area (Å²) in [6.07, 6.45) is -0.711. The van der Waals surface area contributed by atoms with Crippen molar-refractivity contribution >= 4 is 28.9 Å². The molecule has 0 aromatic carbocycles. The highest BCUT2D eigenvalue weighted by Gasteiger charge is 2.31. The number of carbonyl (C=O) groups excluding carboxylic acids is 3. The third-order valence-corrected chi connectivity index (χ3v) is 5.23. The fraction of sp³-hybridized carbons (Fsp3) is 0.474. The summed E-state index contributed by atoms with van der Waals surface area (Å²) in [7, 11) is 0. The molecule has 2 aromatic heterocycles. The fourth-order valence-electron chi connectivity index (χ4n) is 2.56. The molecule has 7 nitrogen and oxygen atoms in total. The quantitative estimate of drug-likeness (QED) is 0.533. The van der Waals surface area contributed by atoms with Gasteiger partial charge >= 0.3 is 0 Å². The van der Waals surface area contributed by atoms with E-state index in [1.165, 1.54) is 17.5 Å². The third kappa shape index (κ3) is 6.74. The normalized spacial score (nSPS) is 12.6. The zero-order chi connectivity index (χ0) is 21.6. The van der Waals surface area contributed by atoms with Gasteiger partial charge in [-0.25, -0.2) is 13.8 Å². The minimum absolute atomic E-state index is 0.148. The Kier molecular flexibility index (Phi) is 7.60. The highest BCUT2D eigenvalue weighted by atomic mass is 32.1. The molecule has 0 unspecified atom stereocenters. The topological polar surface area (TPSA) is 115 Å². The molecule has 3 N–H and O–H groups in total. The molecule has 0 fully saturated rings. The molecule has 0 saturated heterocycles. The number of thiophene rings is 1. The fourth-order valence-corrected chi connectivity index (χ4v) is 3.38. The van der Waals surface area contributed by atoms with Gasteiger partial charge in [0.1, 0.15) is 0 Å². The average Bonchev–Trinajstić information content (AvgIpc) is 3.31. The molecule has 158 valence electrons. The summed E-state index contributed by atoms with van der Waals surface area (Å²) in [6, 6.07) is 2.84. The lowest BCUT2D eigenvalue weighted by atomic mass is 10.1. The number of carbonyl (C=O) groups is 3. The predicted octanol–water partition coefficient (Wildman–Crippen LogP) is 3.47. The number of aryl methyl sites for hydroxylation is 1. The molecular formula is C19H23F2N3O4S. The van der Waals surface area contributed by atoms with Crippen LogP contribution in [0.1, 0.15) is 54.6 Å². The van der Waals surface area contributed by atoms with E-state index in [1.807, 2.05) is 19.1 Å². The van der Waals surface area contributed by atoms with E-state index >= 15 is 0 Å². The first kappa shape index (κ1) is 22.7. The van der Waals surface area contributed by atoms with Gasteiger partial charge < -0.3 is 15.5 Å². The zero-order valence-electron chi connectivity index (χ0n) is 16.2. The molecule has 1 atom stereocenters. The van der Waals surface area contributed by atoms with E-state index in [2.05, 4.69) is 10.3 Å². The van der Waals surface area contributed by atoms with Gasteiger partial charge in [0.25, 0.3) is 5.89 Å². The van der Waals surface area contributed by atoms with Crippen molar-refractivity contribution < 1.29 is 27.6 Å². The minimum Gasteiger partial charge on any atom is -0.433 e. The van der Waals surface area contributed by atoms with Gasteiger partial charge in [0.2, 0.25) is 23.5 Å². The Labute approximate surface area is 170 Å². The summed E-state index contributed by atoms with van der Waals surface area (Å²) in [5, 5.41) is 2.44. The molecule has 0 spiro atoms. The Balaban J connectivity index is 1.93. The van der Waals surface area contributed by atoms with Gasteiger partial charge in [-0.3, -0.25) is 14.4 Å². The number of ketones is 1. The Bertz CT molecular complexity index is 878. The number of hydrogen-bond donors (Lipinski definition) is 2. The lowest BCUT2D eigenvalue weighted by molar-refractivity contribution is -0.124. The van der Waals surface area contributed by atoms with Crippen molar-refractivity contribution in [1.29, 1.82) is 0 Å². The van der Waals surface area contributed by atoms with Crippen molar-refractivity contribution in [3.05, 3.63) is 29.1 Å². The molecule has 0 radical (unpaired) electrons. The van der Waals surface area contributed by atoms with Crippen LogP contribution < -0.4 is 11.1 Å². The van der Waals surface area contributed by atoms with Crippen molar-refractivity contribution in [3.63, 3.8) is 0 Å². The summed E-state index contributed by atoms with van der Waals surface area (Å²) < 4.78 is 32.9. The van der Waals surface area contributed by atoms with E-state index < -0.39 is 55.2 Å². The third-order valence-electron chi connectivity index (χ3n) is 4.21. The van der Waals surface area contributed by atoms with Crippen LogP contribution in [0.3, 0.4) is 0 Å². The molecule has 2 amide bonds. The van der Waals surface area contributed by atoms with Crippen LogP contribution in [0.5, 0.6) is 0 Å². The first-order valence-corrected chi connectivity index (χ1v) is 9.95. The molecule has 2 rings (SSSR count). The maximum atomic E-state index is 13.7. The molecule has 0 bridgehead atoms. The van der Waals surface area contributed by atoms with Gasteiger partial charge in [-0.05, 0) is 25.5 Å². The van der Waals surface area contributed by atoms with Crippen molar-refractivity contribution in [2.45, 2.75) is 57.9 Å². The standard InChI is InChI=1S/C19H23F2N3O4S/c1-3-12(24-16(26)7-9-19(20,21)8-6-15(22)25)17(27)18-23-10-13(28-18)14-5-4-11(2)29-14/h4-5,10,12H,3,6-9H2,1-2H3,(H2,22,25)(H,24,26)/t12-/m1/s1. The molecule has 0 aliphatic heterocycles. The van der Waals surface area contributed by atoms with Gasteiger partial charge in [-0.1, -0.05) is 6.92 Å². The van der Waals surface area contributed by atoms with Crippen LogP contribution in [0.15, 0.2) is 22.7 Å². The number of Topliss-reactive ketones (excluding diaryl/α,β-unsaturated/α-hetero) is 1. The first-order valence-electron chi connectivity index (χ1n) is 9.13. The van der Waals surface area contributed by atoms with E-state index in [-0.39, 0.29) is 12.3 Å². The zero-order valence-corrected chi connectivity index (χ0v) is 17.0. The van der Waals surface area contributed by atoms with Crippen molar-refractivity contribution in [1.82, 2.24) is 10.3 Å². The molecule has 2 aromatic rings. The number of nitrogens with zero attached hydrogens (tertiary/aromatic N) is 1. The van der Waals surface area contributed by atoms with Gasteiger partial charge in [-0.2, -0.15) is 0 Å². The number of nitrogens with one attached hydrogen (secondary N) is 1.